The predicted octanol–water partition coefficient (Wildman–Crippen LogP) is -0.0746. The van der Waals surface area contributed by atoms with Crippen LogP contribution in [0.15, 0.2) is 0 Å². The molecule has 0 heterocycles. The van der Waals surface area contributed by atoms with Gasteiger partial charge in [0.15, 0.2) is 0 Å². The van der Waals surface area contributed by atoms with Gasteiger partial charge in [0.1, 0.15) is 0 Å². The molecule has 0 amide bonds. The van der Waals surface area contributed by atoms with E-state index in [0.717, 1.165) is 0 Å². The van der Waals surface area contributed by atoms with E-state index in [-0.39, 0.29) is 12.4 Å². The van der Waals surface area contributed by atoms with Crippen LogP contribution in [0.5, 0.6) is 0 Å². The number of halogens is 1. The minimum atomic E-state index is -0.831. The van der Waals surface area contributed by atoms with Gasteiger partial charge in [-0.1, -0.05) is 0 Å². The molecule has 74 valence electrons. The number of aliphatic hydroxyl groups is 1. The smallest absolute Gasteiger partial charge is 0.311 e. The molecule has 4 nitrogen and oxygen atoms in total. The van der Waals surface area contributed by atoms with Gasteiger partial charge < -0.3 is 15.6 Å². The van der Waals surface area contributed by atoms with Crippen LogP contribution in [0, 0.1) is 5.92 Å². The molecule has 0 radical (unpaired) electrons. The molecule has 0 aliphatic carbocycles. The van der Waals surface area contributed by atoms with Gasteiger partial charge in [-0.05, 0) is 13.8 Å². The van der Waals surface area contributed by atoms with E-state index in [9.17, 15) is 9.90 Å². The molecule has 0 saturated carbocycles. The summed E-state index contributed by atoms with van der Waals surface area (Å²) in [5.41, 5.74) is 5.37. The molecule has 0 aromatic carbocycles. The van der Waals surface area contributed by atoms with Crippen molar-refractivity contribution in [3.8, 4) is 0 Å². The molecule has 0 aliphatic rings. The third kappa shape index (κ3) is 3.90. The summed E-state index contributed by atoms with van der Waals surface area (Å²) >= 11 is 0. The largest absolute Gasteiger partial charge is 0.469 e. The fraction of sp³-hybridized carbons (Fsp3) is 0.857. The lowest BCUT2D eigenvalue weighted by Gasteiger charge is -2.19. The Morgan fingerprint density at radius 3 is 2.17 bits per heavy atom. The van der Waals surface area contributed by atoms with E-state index in [2.05, 4.69) is 4.74 Å². The van der Waals surface area contributed by atoms with Crippen LogP contribution in [0.2, 0.25) is 0 Å². The van der Waals surface area contributed by atoms with Crippen LogP contribution in [0.3, 0.4) is 0 Å². The topological polar surface area (TPSA) is 72.5 Å². The Bertz CT molecular complexity index is 141. The fourth-order valence-corrected chi connectivity index (χ4v) is 0.781. The number of carbonyl (C=O) groups is 1. The number of ether oxygens (including phenoxy) is 1. The molecule has 0 saturated heterocycles. The van der Waals surface area contributed by atoms with E-state index in [1.165, 1.54) is 7.11 Å². The van der Waals surface area contributed by atoms with Gasteiger partial charge in [0.25, 0.3) is 0 Å². The lowest BCUT2D eigenvalue weighted by molar-refractivity contribution is -0.148. The summed E-state index contributed by atoms with van der Waals surface area (Å²) in [6.07, 6.45) is -0.831. The minimum absolute atomic E-state index is 0. The van der Waals surface area contributed by atoms with Crippen molar-refractivity contribution in [3.05, 3.63) is 0 Å². The summed E-state index contributed by atoms with van der Waals surface area (Å²) in [6.45, 7) is 3.23. The van der Waals surface area contributed by atoms with Crippen LogP contribution in [-0.4, -0.2) is 30.3 Å². The Kier molecular flexibility index (Phi) is 7.37. The molecule has 0 fully saturated rings. The first-order valence-corrected chi connectivity index (χ1v) is 3.52. The molecule has 0 aromatic heterocycles. The van der Waals surface area contributed by atoms with Gasteiger partial charge in [-0.2, -0.15) is 0 Å². The molecular weight excluding hydrogens is 182 g/mol. The molecule has 3 N–H and O–H groups in total. The summed E-state index contributed by atoms with van der Waals surface area (Å²) in [7, 11) is 1.28. The second-order valence-electron chi connectivity index (χ2n) is 2.66. The third-order valence-corrected chi connectivity index (χ3v) is 1.62. The van der Waals surface area contributed by atoms with Crippen molar-refractivity contribution >= 4 is 18.4 Å². The van der Waals surface area contributed by atoms with E-state index in [4.69, 9.17) is 5.73 Å². The van der Waals surface area contributed by atoms with Gasteiger partial charge in [-0.3, -0.25) is 4.79 Å². The van der Waals surface area contributed by atoms with Crippen molar-refractivity contribution in [2.24, 2.45) is 11.7 Å². The van der Waals surface area contributed by atoms with Crippen LogP contribution < -0.4 is 5.73 Å². The minimum Gasteiger partial charge on any atom is -0.469 e. The fourth-order valence-electron chi connectivity index (χ4n) is 0.781. The number of nitrogens with two attached hydrogens (primary N) is 1. The average molecular weight is 198 g/mol. The van der Waals surface area contributed by atoms with Crippen LogP contribution in [0.4, 0.5) is 0 Å². The van der Waals surface area contributed by atoms with Crippen molar-refractivity contribution in [1.82, 2.24) is 0 Å². The van der Waals surface area contributed by atoms with Gasteiger partial charge in [-0.25, -0.2) is 0 Å². The van der Waals surface area contributed by atoms with Crippen molar-refractivity contribution in [2.75, 3.05) is 7.11 Å². The lowest BCUT2D eigenvalue weighted by Crippen LogP contribution is -2.40. The normalized spacial score (nSPS) is 17.1. The molecule has 12 heavy (non-hydrogen) atoms. The Morgan fingerprint density at radius 1 is 1.50 bits per heavy atom. The van der Waals surface area contributed by atoms with Crippen molar-refractivity contribution in [1.29, 1.82) is 0 Å². The molecule has 3 unspecified atom stereocenters. The van der Waals surface area contributed by atoms with Gasteiger partial charge >= 0.3 is 5.97 Å². The molecule has 0 rings (SSSR count). The van der Waals surface area contributed by atoms with E-state index in [1.807, 2.05) is 0 Å². The lowest BCUT2D eigenvalue weighted by atomic mass is 10.00. The van der Waals surface area contributed by atoms with Crippen LogP contribution in [-0.2, 0) is 9.53 Å². The Morgan fingerprint density at radius 2 is 1.92 bits per heavy atom. The third-order valence-electron chi connectivity index (χ3n) is 1.62. The van der Waals surface area contributed by atoms with E-state index < -0.39 is 24.0 Å². The van der Waals surface area contributed by atoms with Crippen molar-refractivity contribution in [2.45, 2.75) is 26.0 Å². The maximum absolute atomic E-state index is 10.8. The maximum Gasteiger partial charge on any atom is 0.311 e. The number of carbonyl (C=O) groups excluding carboxylic acids is 1. The highest BCUT2D eigenvalue weighted by Gasteiger charge is 2.25. The number of methoxy groups -OCH3 is 1. The summed E-state index contributed by atoms with van der Waals surface area (Å²) < 4.78 is 4.43. The number of aliphatic hydroxyl groups excluding tert-OH is 1. The zero-order valence-corrected chi connectivity index (χ0v) is 8.30. The Balaban J connectivity index is 0. The van der Waals surface area contributed by atoms with Crippen LogP contribution in [0.25, 0.3) is 0 Å². The van der Waals surface area contributed by atoms with E-state index >= 15 is 0 Å². The maximum atomic E-state index is 10.8. The number of hydrogen-bond donors (Lipinski definition) is 2. The van der Waals surface area contributed by atoms with Crippen molar-refractivity contribution in [3.63, 3.8) is 0 Å². The molecule has 0 aliphatic heterocycles. The van der Waals surface area contributed by atoms with E-state index in [0.29, 0.717) is 0 Å². The molecule has 3 atom stereocenters. The number of esters is 1. The van der Waals surface area contributed by atoms with Crippen molar-refractivity contribution < 1.29 is 14.6 Å². The van der Waals surface area contributed by atoms with Gasteiger partial charge in [0.05, 0.1) is 19.1 Å². The Labute approximate surface area is 78.5 Å². The zero-order valence-electron chi connectivity index (χ0n) is 7.48. The van der Waals surface area contributed by atoms with Gasteiger partial charge in [-0.15, -0.1) is 12.4 Å². The molecular formula is C7H16ClNO3. The van der Waals surface area contributed by atoms with E-state index in [1.54, 1.807) is 13.8 Å². The van der Waals surface area contributed by atoms with Crippen LogP contribution in [0.1, 0.15) is 13.8 Å². The first-order valence-electron chi connectivity index (χ1n) is 3.52. The monoisotopic (exact) mass is 197 g/mol. The van der Waals surface area contributed by atoms with Crippen LogP contribution >= 0.6 is 12.4 Å². The predicted molar refractivity (Wildman–Crippen MR) is 48.1 cm³/mol. The first kappa shape index (κ1) is 14.2. The summed E-state index contributed by atoms with van der Waals surface area (Å²) in [5, 5.41) is 9.27. The molecule has 5 heteroatoms. The Hall–Kier alpha value is -0.320. The summed E-state index contributed by atoms with van der Waals surface area (Å²) in [6, 6.07) is -0.413. The van der Waals surface area contributed by atoms with Gasteiger partial charge in [0, 0.05) is 6.04 Å². The second-order valence-corrected chi connectivity index (χ2v) is 2.66. The first-order chi connectivity index (χ1) is 5.00. The highest BCUT2D eigenvalue weighted by atomic mass is 35.5. The highest BCUT2D eigenvalue weighted by molar-refractivity contribution is 5.85. The SMILES string of the molecule is COC(=O)C(C)C(O)C(C)N.Cl. The number of hydrogen-bond acceptors (Lipinski definition) is 4. The summed E-state index contributed by atoms with van der Waals surface area (Å²) in [4.78, 5) is 10.8. The second kappa shape index (κ2) is 6.22. The average Bonchev–Trinajstić information content (AvgIpc) is 2.00. The zero-order chi connectivity index (χ0) is 9.02. The van der Waals surface area contributed by atoms with Gasteiger partial charge in [0.2, 0.25) is 0 Å². The highest BCUT2D eigenvalue weighted by Crippen LogP contribution is 2.07. The molecule has 0 aromatic rings. The molecule has 0 bridgehead atoms. The standard InChI is InChI=1S/C7H15NO3.ClH/c1-4(7(10)11-3)6(9)5(2)8;/h4-6,9H,8H2,1-3H3;1H. The summed E-state index contributed by atoms with van der Waals surface area (Å²) in [5.74, 6) is -0.991. The quantitative estimate of drug-likeness (QED) is 0.621. The number of rotatable bonds is 3. The molecule has 0 spiro atoms.